The maximum Gasteiger partial charge on any atom is 0.124 e. The minimum absolute atomic E-state index is 0.248. The lowest BCUT2D eigenvalue weighted by Crippen LogP contribution is -2.30. The average Bonchev–Trinajstić information content (AvgIpc) is 2.35. The second-order valence-electron chi connectivity index (χ2n) is 4.22. The first-order valence-electron chi connectivity index (χ1n) is 5.96. The third-order valence-electron chi connectivity index (χ3n) is 2.70. The SMILES string of the molecule is COCCN(CCC(N)=S)Cc1ccc(F)cc1Br. The molecule has 6 heteroatoms. The Morgan fingerprint density at radius 3 is 2.79 bits per heavy atom. The number of halogens is 2. The zero-order valence-corrected chi connectivity index (χ0v) is 13.3. The van der Waals surface area contributed by atoms with Crippen LogP contribution >= 0.6 is 28.1 Å². The van der Waals surface area contributed by atoms with E-state index in [0.29, 0.717) is 24.6 Å². The molecular weight excluding hydrogens is 331 g/mol. The molecule has 0 aliphatic carbocycles. The van der Waals surface area contributed by atoms with Crippen molar-refractivity contribution in [1.82, 2.24) is 4.90 Å². The van der Waals surface area contributed by atoms with Crippen LogP contribution < -0.4 is 5.73 Å². The van der Waals surface area contributed by atoms with Gasteiger partial charge in [0.2, 0.25) is 0 Å². The zero-order chi connectivity index (χ0) is 14.3. The summed E-state index contributed by atoms with van der Waals surface area (Å²) in [6, 6.07) is 4.71. The Kier molecular flexibility index (Phi) is 7.45. The summed E-state index contributed by atoms with van der Waals surface area (Å²) >= 11 is 8.27. The van der Waals surface area contributed by atoms with Gasteiger partial charge in [0, 0.05) is 37.6 Å². The summed E-state index contributed by atoms with van der Waals surface area (Å²) in [6.45, 7) is 2.88. The summed E-state index contributed by atoms with van der Waals surface area (Å²) in [7, 11) is 1.67. The summed E-state index contributed by atoms with van der Waals surface area (Å²) in [5, 5.41) is 0. The molecule has 0 amide bonds. The van der Waals surface area contributed by atoms with E-state index in [1.165, 1.54) is 12.1 Å². The van der Waals surface area contributed by atoms with Gasteiger partial charge in [0.25, 0.3) is 0 Å². The predicted molar refractivity (Wildman–Crippen MR) is 82.7 cm³/mol. The highest BCUT2D eigenvalue weighted by Crippen LogP contribution is 2.19. The lowest BCUT2D eigenvalue weighted by Gasteiger charge is -2.22. The van der Waals surface area contributed by atoms with Gasteiger partial charge < -0.3 is 10.5 Å². The van der Waals surface area contributed by atoms with Crippen molar-refractivity contribution >= 4 is 33.1 Å². The highest BCUT2D eigenvalue weighted by atomic mass is 79.9. The van der Waals surface area contributed by atoms with Gasteiger partial charge in [0.1, 0.15) is 5.82 Å². The molecule has 106 valence electrons. The van der Waals surface area contributed by atoms with Crippen LogP contribution in [-0.4, -0.2) is 36.7 Å². The standard InChI is InChI=1S/C13H18BrFN2OS/c1-18-7-6-17(5-4-13(16)19)9-10-2-3-11(15)8-12(10)14/h2-3,8H,4-7,9H2,1H3,(H2,16,19). The van der Waals surface area contributed by atoms with Crippen LogP contribution in [0.2, 0.25) is 0 Å². The Morgan fingerprint density at radius 2 is 2.21 bits per heavy atom. The van der Waals surface area contributed by atoms with Gasteiger partial charge in [0.15, 0.2) is 0 Å². The van der Waals surface area contributed by atoms with Crippen LogP contribution in [0.25, 0.3) is 0 Å². The number of methoxy groups -OCH3 is 1. The molecule has 3 nitrogen and oxygen atoms in total. The van der Waals surface area contributed by atoms with Crippen LogP contribution in [0.15, 0.2) is 22.7 Å². The van der Waals surface area contributed by atoms with E-state index < -0.39 is 0 Å². The Hall–Kier alpha value is -0.560. The maximum atomic E-state index is 13.0. The topological polar surface area (TPSA) is 38.5 Å². The molecule has 2 N–H and O–H groups in total. The largest absolute Gasteiger partial charge is 0.393 e. The number of hydrogen-bond donors (Lipinski definition) is 1. The summed E-state index contributed by atoms with van der Waals surface area (Å²) in [6.07, 6.45) is 0.665. The molecule has 19 heavy (non-hydrogen) atoms. The van der Waals surface area contributed by atoms with E-state index in [-0.39, 0.29) is 5.82 Å². The Morgan fingerprint density at radius 1 is 1.47 bits per heavy atom. The quantitative estimate of drug-likeness (QED) is 0.733. The van der Waals surface area contributed by atoms with Crippen LogP contribution in [0.3, 0.4) is 0 Å². The molecule has 0 radical (unpaired) electrons. The molecule has 0 heterocycles. The molecule has 0 fully saturated rings. The predicted octanol–water partition coefficient (Wildman–Crippen LogP) is 2.71. The normalized spacial score (nSPS) is 10.9. The molecule has 0 aliphatic rings. The number of nitrogens with zero attached hydrogens (tertiary/aromatic N) is 1. The lowest BCUT2D eigenvalue weighted by molar-refractivity contribution is 0.145. The summed E-state index contributed by atoms with van der Waals surface area (Å²) in [4.78, 5) is 2.68. The van der Waals surface area contributed by atoms with Gasteiger partial charge in [-0.2, -0.15) is 0 Å². The minimum atomic E-state index is -0.248. The van der Waals surface area contributed by atoms with Crippen LogP contribution in [-0.2, 0) is 11.3 Å². The van der Waals surface area contributed by atoms with E-state index in [9.17, 15) is 4.39 Å². The summed E-state index contributed by atoms with van der Waals surface area (Å²) < 4.78 is 18.9. The van der Waals surface area contributed by atoms with Crippen LogP contribution in [0, 0.1) is 5.82 Å². The minimum Gasteiger partial charge on any atom is -0.393 e. The number of rotatable bonds is 8. The smallest absolute Gasteiger partial charge is 0.124 e. The number of ether oxygens (including phenoxy) is 1. The molecule has 1 aromatic carbocycles. The van der Waals surface area contributed by atoms with E-state index in [1.807, 2.05) is 0 Å². The Bertz CT molecular complexity index is 431. The maximum absolute atomic E-state index is 13.0. The molecule has 0 atom stereocenters. The van der Waals surface area contributed by atoms with Crippen LogP contribution in [0.1, 0.15) is 12.0 Å². The second-order valence-corrected chi connectivity index (χ2v) is 5.60. The highest BCUT2D eigenvalue weighted by molar-refractivity contribution is 9.10. The summed E-state index contributed by atoms with van der Waals surface area (Å²) in [5.41, 5.74) is 6.56. The number of nitrogens with two attached hydrogens (primary N) is 1. The second kappa shape index (κ2) is 8.58. The molecule has 0 unspecified atom stereocenters. The fraction of sp³-hybridized carbons (Fsp3) is 0.462. The Balaban J connectivity index is 2.66. The molecule has 0 bridgehead atoms. The highest BCUT2D eigenvalue weighted by Gasteiger charge is 2.09. The molecule has 0 saturated carbocycles. The fourth-order valence-electron chi connectivity index (χ4n) is 1.65. The third kappa shape index (κ3) is 6.42. The van der Waals surface area contributed by atoms with Gasteiger partial charge >= 0.3 is 0 Å². The van der Waals surface area contributed by atoms with Crippen LogP contribution in [0.4, 0.5) is 4.39 Å². The molecule has 0 aliphatic heterocycles. The average molecular weight is 349 g/mol. The van der Waals surface area contributed by atoms with Crippen molar-refractivity contribution in [3.8, 4) is 0 Å². The van der Waals surface area contributed by atoms with Gasteiger partial charge in [-0.1, -0.05) is 34.2 Å². The van der Waals surface area contributed by atoms with Gasteiger partial charge in [0.05, 0.1) is 11.6 Å². The van der Waals surface area contributed by atoms with E-state index in [2.05, 4.69) is 20.8 Å². The van der Waals surface area contributed by atoms with Crippen molar-refractivity contribution in [2.24, 2.45) is 5.73 Å². The van der Waals surface area contributed by atoms with Gasteiger partial charge in [-0.25, -0.2) is 4.39 Å². The van der Waals surface area contributed by atoms with Crippen molar-refractivity contribution in [1.29, 1.82) is 0 Å². The van der Waals surface area contributed by atoms with Crippen molar-refractivity contribution in [3.63, 3.8) is 0 Å². The van der Waals surface area contributed by atoms with Gasteiger partial charge in [-0.3, -0.25) is 4.90 Å². The molecular formula is C13H18BrFN2OS. The number of thiocarbonyl (C=S) groups is 1. The summed E-state index contributed by atoms with van der Waals surface area (Å²) in [5.74, 6) is -0.248. The lowest BCUT2D eigenvalue weighted by atomic mass is 10.2. The van der Waals surface area contributed by atoms with Gasteiger partial charge in [-0.15, -0.1) is 0 Å². The molecule has 0 aromatic heterocycles. The molecule has 0 spiro atoms. The monoisotopic (exact) mass is 348 g/mol. The van der Waals surface area contributed by atoms with E-state index in [0.717, 1.165) is 23.1 Å². The van der Waals surface area contributed by atoms with Gasteiger partial charge in [-0.05, 0) is 17.7 Å². The van der Waals surface area contributed by atoms with E-state index in [1.54, 1.807) is 13.2 Å². The third-order valence-corrected chi connectivity index (χ3v) is 3.64. The number of benzene rings is 1. The van der Waals surface area contributed by atoms with Crippen LogP contribution in [0.5, 0.6) is 0 Å². The first-order valence-corrected chi connectivity index (χ1v) is 7.16. The van der Waals surface area contributed by atoms with E-state index in [4.69, 9.17) is 22.7 Å². The van der Waals surface area contributed by atoms with Crippen molar-refractivity contribution < 1.29 is 9.13 Å². The fourth-order valence-corrected chi connectivity index (χ4v) is 2.22. The first kappa shape index (κ1) is 16.5. The molecule has 1 rings (SSSR count). The first-order chi connectivity index (χ1) is 9.02. The van der Waals surface area contributed by atoms with E-state index >= 15 is 0 Å². The molecule has 0 saturated heterocycles. The number of hydrogen-bond acceptors (Lipinski definition) is 3. The molecule has 1 aromatic rings. The zero-order valence-electron chi connectivity index (χ0n) is 10.9. The Labute approximate surface area is 127 Å². The van der Waals surface area contributed by atoms with Crippen molar-refractivity contribution in [2.45, 2.75) is 13.0 Å². The van der Waals surface area contributed by atoms with Crippen molar-refractivity contribution in [3.05, 3.63) is 34.1 Å². The van der Waals surface area contributed by atoms with Crippen molar-refractivity contribution in [2.75, 3.05) is 26.8 Å².